The van der Waals surface area contributed by atoms with E-state index in [1.54, 1.807) is 12.7 Å². The van der Waals surface area contributed by atoms with Crippen molar-refractivity contribution in [3.63, 3.8) is 0 Å². The maximum Gasteiger partial charge on any atom is 0.161 e. The first-order chi connectivity index (χ1) is 11.2. The van der Waals surface area contributed by atoms with Crippen LogP contribution in [0.15, 0.2) is 30.9 Å². The summed E-state index contributed by atoms with van der Waals surface area (Å²) in [5.41, 5.74) is 1.17. The van der Waals surface area contributed by atoms with Gasteiger partial charge in [-0.2, -0.15) is 5.10 Å². The van der Waals surface area contributed by atoms with Crippen molar-refractivity contribution >= 4 is 0 Å². The standard InChI is InChI=1S/C17H26N4O2/c1-4-8-23-16-7-6-15(9-17(16)22-5-2)10-19-14(3)11-21-13-18-12-20-21/h6-7,9,12-14,19H,4-5,8,10-11H2,1-3H3. The normalized spacial score (nSPS) is 12.1. The summed E-state index contributed by atoms with van der Waals surface area (Å²) in [4.78, 5) is 3.95. The molecule has 0 aliphatic heterocycles. The zero-order valence-corrected chi connectivity index (χ0v) is 14.2. The molecule has 126 valence electrons. The van der Waals surface area contributed by atoms with Crippen LogP contribution in [0.1, 0.15) is 32.8 Å². The lowest BCUT2D eigenvalue weighted by Gasteiger charge is -2.16. The van der Waals surface area contributed by atoms with Crippen LogP contribution in [0.2, 0.25) is 0 Å². The van der Waals surface area contributed by atoms with Crippen molar-refractivity contribution in [3.8, 4) is 11.5 Å². The Kier molecular flexibility index (Phi) is 6.87. The number of ether oxygens (including phenoxy) is 2. The Bertz CT molecular complexity index is 572. The molecule has 0 radical (unpaired) electrons. The van der Waals surface area contributed by atoms with E-state index in [9.17, 15) is 0 Å². The monoisotopic (exact) mass is 318 g/mol. The summed E-state index contributed by atoms with van der Waals surface area (Å²) < 4.78 is 13.2. The Morgan fingerprint density at radius 1 is 1.22 bits per heavy atom. The second kappa shape index (κ2) is 9.15. The van der Waals surface area contributed by atoms with Crippen LogP contribution < -0.4 is 14.8 Å². The Balaban J connectivity index is 1.92. The maximum atomic E-state index is 5.73. The van der Waals surface area contributed by atoms with E-state index >= 15 is 0 Å². The number of aromatic nitrogens is 3. The van der Waals surface area contributed by atoms with Crippen LogP contribution in [0.3, 0.4) is 0 Å². The van der Waals surface area contributed by atoms with E-state index in [0.717, 1.165) is 31.0 Å². The third kappa shape index (κ3) is 5.56. The number of rotatable bonds is 10. The van der Waals surface area contributed by atoms with Gasteiger partial charge in [0, 0.05) is 12.6 Å². The predicted octanol–water partition coefficient (Wildman–Crippen LogP) is 2.64. The SMILES string of the molecule is CCCOc1ccc(CNC(C)Cn2cncn2)cc1OCC. The van der Waals surface area contributed by atoms with Gasteiger partial charge in [0.15, 0.2) is 11.5 Å². The van der Waals surface area contributed by atoms with Crippen molar-refractivity contribution < 1.29 is 9.47 Å². The highest BCUT2D eigenvalue weighted by Crippen LogP contribution is 2.28. The fourth-order valence-electron chi connectivity index (χ4n) is 2.23. The Morgan fingerprint density at radius 3 is 2.78 bits per heavy atom. The summed E-state index contributed by atoms with van der Waals surface area (Å²) in [6.07, 6.45) is 4.26. The van der Waals surface area contributed by atoms with E-state index in [-0.39, 0.29) is 0 Å². The molecule has 0 saturated carbocycles. The molecule has 0 spiro atoms. The maximum absolute atomic E-state index is 5.73. The van der Waals surface area contributed by atoms with Crippen LogP contribution in [-0.4, -0.2) is 34.0 Å². The van der Waals surface area contributed by atoms with Gasteiger partial charge in [0.05, 0.1) is 19.8 Å². The third-order valence-electron chi connectivity index (χ3n) is 3.35. The molecule has 0 fully saturated rings. The molecule has 0 aliphatic carbocycles. The van der Waals surface area contributed by atoms with Crippen molar-refractivity contribution in [1.82, 2.24) is 20.1 Å². The fraction of sp³-hybridized carbons (Fsp3) is 0.529. The molecule has 1 unspecified atom stereocenters. The van der Waals surface area contributed by atoms with Crippen molar-refractivity contribution in [1.29, 1.82) is 0 Å². The molecule has 6 nitrogen and oxygen atoms in total. The van der Waals surface area contributed by atoms with Gasteiger partial charge in [0.2, 0.25) is 0 Å². The van der Waals surface area contributed by atoms with Crippen LogP contribution in [0.4, 0.5) is 0 Å². The van der Waals surface area contributed by atoms with Crippen LogP contribution >= 0.6 is 0 Å². The van der Waals surface area contributed by atoms with Crippen LogP contribution in [-0.2, 0) is 13.1 Å². The Labute approximate surface area is 137 Å². The molecule has 0 saturated heterocycles. The molecular formula is C17H26N4O2. The lowest BCUT2D eigenvalue weighted by molar-refractivity contribution is 0.276. The molecule has 0 bridgehead atoms. The Morgan fingerprint density at radius 2 is 2.09 bits per heavy atom. The quantitative estimate of drug-likeness (QED) is 0.730. The van der Waals surface area contributed by atoms with E-state index in [1.165, 1.54) is 5.56 Å². The fourth-order valence-corrected chi connectivity index (χ4v) is 2.23. The Hall–Kier alpha value is -2.08. The van der Waals surface area contributed by atoms with Gasteiger partial charge in [0.1, 0.15) is 12.7 Å². The number of nitrogens with one attached hydrogen (secondary N) is 1. The molecule has 1 aromatic heterocycles. The zero-order valence-electron chi connectivity index (χ0n) is 14.2. The van der Waals surface area contributed by atoms with Gasteiger partial charge in [-0.15, -0.1) is 0 Å². The average molecular weight is 318 g/mol. The van der Waals surface area contributed by atoms with E-state index < -0.39 is 0 Å². The highest BCUT2D eigenvalue weighted by molar-refractivity contribution is 5.43. The molecule has 2 rings (SSSR count). The minimum Gasteiger partial charge on any atom is -0.490 e. The van der Waals surface area contributed by atoms with Crippen molar-refractivity contribution in [2.45, 2.75) is 46.3 Å². The molecule has 1 N–H and O–H groups in total. The first-order valence-electron chi connectivity index (χ1n) is 8.17. The minimum atomic E-state index is 0.295. The van der Waals surface area contributed by atoms with E-state index in [2.05, 4.69) is 35.3 Å². The summed E-state index contributed by atoms with van der Waals surface area (Å²) in [6, 6.07) is 6.40. The summed E-state index contributed by atoms with van der Waals surface area (Å²) in [6.45, 7) is 9.09. The molecule has 6 heteroatoms. The van der Waals surface area contributed by atoms with Gasteiger partial charge in [-0.05, 0) is 38.0 Å². The highest BCUT2D eigenvalue weighted by Gasteiger charge is 2.08. The van der Waals surface area contributed by atoms with E-state index in [4.69, 9.17) is 9.47 Å². The molecule has 1 aromatic carbocycles. The summed E-state index contributed by atoms with van der Waals surface area (Å²) >= 11 is 0. The molecule has 0 amide bonds. The van der Waals surface area contributed by atoms with Crippen molar-refractivity contribution in [2.24, 2.45) is 0 Å². The van der Waals surface area contributed by atoms with Crippen LogP contribution in [0.25, 0.3) is 0 Å². The number of hydrogen-bond donors (Lipinski definition) is 1. The van der Waals surface area contributed by atoms with Crippen molar-refractivity contribution in [2.75, 3.05) is 13.2 Å². The first-order valence-corrected chi connectivity index (χ1v) is 8.17. The second-order valence-electron chi connectivity index (χ2n) is 5.46. The van der Waals surface area contributed by atoms with E-state index in [1.807, 2.05) is 23.7 Å². The lowest BCUT2D eigenvalue weighted by atomic mass is 10.2. The summed E-state index contributed by atoms with van der Waals surface area (Å²) in [7, 11) is 0. The highest BCUT2D eigenvalue weighted by atomic mass is 16.5. The largest absolute Gasteiger partial charge is 0.490 e. The topological polar surface area (TPSA) is 61.2 Å². The number of nitrogens with zero attached hydrogens (tertiary/aromatic N) is 3. The second-order valence-corrected chi connectivity index (χ2v) is 5.46. The molecule has 0 aliphatic rings. The van der Waals surface area contributed by atoms with Gasteiger partial charge in [-0.1, -0.05) is 13.0 Å². The van der Waals surface area contributed by atoms with Crippen LogP contribution in [0.5, 0.6) is 11.5 Å². The molecule has 1 atom stereocenters. The summed E-state index contributed by atoms with van der Waals surface area (Å²) in [5.74, 6) is 1.62. The van der Waals surface area contributed by atoms with Gasteiger partial charge in [-0.25, -0.2) is 4.98 Å². The van der Waals surface area contributed by atoms with Gasteiger partial charge >= 0.3 is 0 Å². The predicted molar refractivity (Wildman–Crippen MR) is 89.7 cm³/mol. The molecular weight excluding hydrogens is 292 g/mol. The molecule has 2 aromatic rings. The third-order valence-corrected chi connectivity index (χ3v) is 3.35. The zero-order chi connectivity index (χ0) is 16.5. The molecule has 23 heavy (non-hydrogen) atoms. The van der Waals surface area contributed by atoms with Gasteiger partial charge < -0.3 is 14.8 Å². The smallest absolute Gasteiger partial charge is 0.161 e. The number of benzene rings is 1. The van der Waals surface area contributed by atoms with Crippen molar-refractivity contribution in [3.05, 3.63) is 36.4 Å². The first kappa shape index (κ1) is 17.3. The minimum absolute atomic E-state index is 0.295. The van der Waals surface area contributed by atoms with Crippen LogP contribution in [0, 0.1) is 0 Å². The summed E-state index contributed by atoms with van der Waals surface area (Å²) in [5, 5.41) is 7.60. The lowest BCUT2D eigenvalue weighted by Crippen LogP contribution is -2.30. The van der Waals surface area contributed by atoms with E-state index in [0.29, 0.717) is 19.3 Å². The van der Waals surface area contributed by atoms with Gasteiger partial charge in [-0.3, -0.25) is 4.68 Å². The van der Waals surface area contributed by atoms with Gasteiger partial charge in [0.25, 0.3) is 0 Å². The molecule has 1 heterocycles. The number of hydrogen-bond acceptors (Lipinski definition) is 5. The average Bonchev–Trinajstić information content (AvgIpc) is 3.05.